The van der Waals surface area contributed by atoms with Crippen LogP contribution in [0.2, 0.25) is 0 Å². The summed E-state index contributed by atoms with van der Waals surface area (Å²) in [4.78, 5) is 39.9. The van der Waals surface area contributed by atoms with Crippen LogP contribution >= 0.6 is 21.6 Å². The normalized spacial score (nSPS) is 33.1. The molecular formula is C17H22N4O5S2. The molecule has 0 bridgehead atoms. The molecule has 4 N–H and O–H groups in total. The second-order valence-electron chi connectivity index (χ2n) is 6.97. The van der Waals surface area contributed by atoms with Gasteiger partial charge in [0, 0.05) is 37.6 Å². The Labute approximate surface area is 170 Å². The topological polar surface area (TPSA) is 133 Å². The minimum absolute atomic E-state index is 0.114. The van der Waals surface area contributed by atoms with Gasteiger partial charge >= 0.3 is 6.09 Å². The van der Waals surface area contributed by atoms with Crippen molar-refractivity contribution in [3.63, 3.8) is 0 Å². The molecule has 0 radical (unpaired) electrons. The van der Waals surface area contributed by atoms with Crippen LogP contribution in [0.15, 0.2) is 22.5 Å². The van der Waals surface area contributed by atoms with E-state index in [1.165, 1.54) is 7.11 Å². The highest BCUT2D eigenvalue weighted by atomic mass is 33.1. The van der Waals surface area contributed by atoms with Crippen molar-refractivity contribution in [3.05, 3.63) is 22.5 Å². The highest BCUT2D eigenvalue weighted by Gasteiger charge is 2.74. The Morgan fingerprint density at radius 2 is 2.18 bits per heavy atom. The summed E-state index contributed by atoms with van der Waals surface area (Å²) in [6.07, 6.45) is -0.115. The summed E-state index contributed by atoms with van der Waals surface area (Å²) in [5.74, 6) is 0.164. The van der Waals surface area contributed by atoms with E-state index in [2.05, 4.69) is 10.6 Å². The lowest BCUT2D eigenvalue weighted by Gasteiger charge is -2.38. The Bertz CT molecular complexity index is 828. The molecule has 152 valence electrons. The Kier molecular flexibility index (Phi) is 4.89. The van der Waals surface area contributed by atoms with Crippen molar-refractivity contribution in [1.82, 2.24) is 15.5 Å². The van der Waals surface area contributed by atoms with Crippen LogP contribution in [0.3, 0.4) is 0 Å². The van der Waals surface area contributed by atoms with Crippen LogP contribution in [0.5, 0.6) is 0 Å². The quantitative estimate of drug-likeness (QED) is 0.216. The summed E-state index contributed by atoms with van der Waals surface area (Å²) in [5.41, 5.74) is 5.16. The molecule has 3 aliphatic heterocycles. The fourth-order valence-electron chi connectivity index (χ4n) is 4.48. The van der Waals surface area contributed by atoms with Gasteiger partial charge in [0.2, 0.25) is 11.6 Å². The first-order valence-electron chi connectivity index (χ1n) is 8.87. The molecule has 1 unspecified atom stereocenters. The molecule has 3 heterocycles. The van der Waals surface area contributed by atoms with Gasteiger partial charge in [0.15, 0.2) is 11.8 Å². The fourth-order valence-corrected chi connectivity index (χ4v) is 5.58. The van der Waals surface area contributed by atoms with Crippen molar-refractivity contribution in [2.24, 2.45) is 5.73 Å². The molecule has 2 fully saturated rings. The van der Waals surface area contributed by atoms with Crippen molar-refractivity contribution < 1.29 is 23.9 Å². The van der Waals surface area contributed by atoms with Gasteiger partial charge in [-0.2, -0.15) is 0 Å². The molecule has 0 spiro atoms. The highest BCUT2D eigenvalue weighted by molar-refractivity contribution is 8.76. The maximum atomic E-state index is 13.4. The van der Waals surface area contributed by atoms with E-state index in [1.807, 2.05) is 6.26 Å². The number of methoxy groups -OCH3 is 1. The van der Waals surface area contributed by atoms with E-state index in [0.717, 1.165) is 5.75 Å². The largest absolute Gasteiger partial charge is 0.436 e. The average molecular weight is 427 g/mol. The molecule has 0 aromatic rings. The molecule has 0 aromatic carbocycles. The van der Waals surface area contributed by atoms with E-state index in [0.29, 0.717) is 18.7 Å². The molecule has 28 heavy (non-hydrogen) atoms. The van der Waals surface area contributed by atoms with E-state index in [4.69, 9.17) is 15.2 Å². The van der Waals surface area contributed by atoms with Crippen LogP contribution in [0.4, 0.5) is 4.79 Å². The monoisotopic (exact) mass is 426 g/mol. The molecule has 0 saturated carbocycles. The lowest BCUT2D eigenvalue weighted by Crippen LogP contribution is -2.58. The second kappa shape index (κ2) is 6.97. The zero-order valence-corrected chi connectivity index (χ0v) is 17.4. The first kappa shape index (κ1) is 19.6. The number of carbonyl (C=O) groups excluding carboxylic acids is 3. The summed E-state index contributed by atoms with van der Waals surface area (Å²) >= 11 is 0. The number of fused-ring (bicyclic) bond motifs is 4. The SMILES string of the molecule is CO[C@@]12C(OC(N)=O)C3=C(C(=O)C(C)=C(NCCSSC)C3=O)N1C[C@@H]1N[C@@H]12. The minimum atomic E-state index is -1.14. The first-order chi connectivity index (χ1) is 13.4. The van der Waals surface area contributed by atoms with Crippen molar-refractivity contribution in [1.29, 1.82) is 0 Å². The number of primary amides is 1. The van der Waals surface area contributed by atoms with Crippen molar-refractivity contribution in [2.45, 2.75) is 30.8 Å². The summed E-state index contributed by atoms with van der Waals surface area (Å²) in [6.45, 7) is 2.67. The van der Waals surface area contributed by atoms with Gasteiger partial charge < -0.3 is 30.7 Å². The molecule has 4 atom stereocenters. The van der Waals surface area contributed by atoms with Crippen LogP contribution in [-0.2, 0) is 19.1 Å². The number of Topliss-reactive ketones (excluding diaryl/α,β-unsaturated/α-hetero) is 2. The number of nitrogens with one attached hydrogen (secondary N) is 2. The number of carbonyl (C=O) groups is 3. The second-order valence-corrected chi connectivity index (χ2v) is 9.65. The number of nitrogens with two attached hydrogens (primary N) is 1. The van der Waals surface area contributed by atoms with E-state index < -0.39 is 17.9 Å². The third-order valence-electron chi connectivity index (χ3n) is 5.66. The van der Waals surface area contributed by atoms with E-state index >= 15 is 0 Å². The molecule has 4 aliphatic rings. The Morgan fingerprint density at radius 3 is 2.82 bits per heavy atom. The van der Waals surface area contributed by atoms with Gasteiger partial charge in [-0.25, -0.2) is 4.79 Å². The van der Waals surface area contributed by atoms with E-state index in [-0.39, 0.29) is 40.6 Å². The molecular weight excluding hydrogens is 404 g/mol. The third kappa shape index (κ3) is 2.60. The highest BCUT2D eigenvalue weighted by Crippen LogP contribution is 2.53. The van der Waals surface area contributed by atoms with Gasteiger partial charge in [-0.05, 0) is 13.2 Å². The zero-order chi connectivity index (χ0) is 20.2. The third-order valence-corrected chi connectivity index (χ3v) is 7.48. The standard InChI is InChI=1S/C17H22N4O5S2/c1-7-10(19-4-5-28-27-3)13(23)9-11(12(7)22)21-6-8-14(20-8)17(21,25-2)15(9)26-16(18)24/h8,14-15,19-20H,4-6H2,1-3H3,(H2,18,24)/t8-,14-,15?,17-/m0/s1. The molecule has 0 aromatic heterocycles. The number of ether oxygens (including phenoxy) is 2. The van der Waals surface area contributed by atoms with Crippen molar-refractivity contribution in [3.8, 4) is 0 Å². The lowest BCUT2D eigenvalue weighted by atomic mass is 9.88. The van der Waals surface area contributed by atoms with Crippen LogP contribution in [0.25, 0.3) is 0 Å². The first-order valence-corrected chi connectivity index (χ1v) is 11.6. The summed E-state index contributed by atoms with van der Waals surface area (Å²) in [5, 5.41) is 6.35. The zero-order valence-electron chi connectivity index (χ0n) is 15.7. The fraction of sp³-hybridized carbons (Fsp3) is 0.588. The Morgan fingerprint density at radius 1 is 1.43 bits per heavy atom. The van der Waals surface area contributed by atoms with Gasteiger partial charge in [-0.3, -0.25) is 9.59 Å². The Hall–Kier alpha value is -1.69. The average Bonchev–Trinajstić information content (AvgIpc) is 3.27. The maximum Gasteiger partial charge on any atom is 0.405 e. The number of ketones is 2. The summed E-state index contributed by atoms with van der Waals surface area (Å²) in [7, 11) is 4.77. The maximum absolute atomic E-state index is 13.4. The van der Waals surface area contributed by atoms with Crippen LogP contribution < -0.4 is 16.4 Å². The van der Waals surface area contributed by atoms with Crippen LogP contribution in [0, 0.1) is 0 Å². The number of piperazine rings is 1. The predicted octanol–water partition coefficient (Wildman–Crippen LogP) is -0.257. The molecule has 2 saturated heterocycles. The molecule has 9 nitrogen and oxygen atoms in total. The molecule has 4 rings (SSSR count). The van der Waals surface area contributed by atoms with Gasteiger partial charge in [-0.15, -0.1) is 0 Å². The number of amides is 1. The number of nitrogens with zero attached hydrogens (tertiary/aromatic N) is 1. The molecule has 1 amide bonds. The van der Waals surface area contributed by atoms with Gasteiger partial charge in [0.05, 0.1) is 23.0 Å². The van der Waals surface area contributed by atoms with Gasteiger partial charge in [0.25, 0.3) is 0 Å². The van der Waals surface area contributed by atoms with Gasteiger partial charge in [0.1, 0.15) is 0 Å². The Balaban J connectivity index is 1.72. The van der Waals surface area contributed by atoms with E-state index in [1.54, 1.807) is 33.4 Å². The van der Waals surface area contributed by atoms with Crippen LogP contribution in [0.1, 0.15) is 6.92 Å². The molecule has 1 aliphatic carbocycles. The number of rotatable bonds is 7. The lowest BCUT2D eigenvalue weighted by molar-refractivity contribution is -0.151. The number of allylic oxidation sites excluding steroid dienone is 2. The number of hydrogen-bond donors (Lipinski definition) is 3. The molecule has 11 heteroatoms. The summed E-state index contributed by atoms with van der Waals surface area (Å²) in [6, 6.07) is -0.0361. The minimum Gasteiger partial charge on any atom is -0.436 e. The van der Waals surface area contributed by atoms with Crippen molar-refractivity contribution in [2.75, 3.05) is 32.2 Å². The van der Waals surface area contributed by atoms with Gasteiger partial charge in [-0.1, -0.05) is 21.6 Å². The van der Waals surface area contributed by atoms with Crippen LogP contribution in [-0.4, -0.2) is 78.7 Å². The predicted molar refractivity (Wildman–Crippen MR) is 105 cm³/mol. The summed E-state index contributed by atoms with van der Waals surface area (Å²) < 4.78 is 11.2. The smallest absolute Gasteiger partial charge is 0.405 e. The van der Waals surface area contributed by atoms with Crippen molar-refractivity contribution >= 4 is 39.2 Å². The van der Waals surface area contributed by atoms with E-state index in [9.17, 15) is 14.4 Å². The number of hydrogen-bond acceptors (Lipinski definition) is 10.